The first-order chi connectivity index (χ1) is 14.7. The van der Waals surface area contributed by atoms with Gasteiger partial charge in [-0.05, 0) is 24.3 Å². The maximum atomic E-state index is 14.0. The highest BCUT2D eigenvalue weighted by atomic mass is 19.1. The number of aromatic nitrogens is 3. The van der Waals surface area contributed by atoms with Gasteiger partial charge in [-0.2, -0.15) is 5.10 Å². The molecule has 0 unspecified atom stereocenters. The second-order valence-electron chi connectivity index (χ2n) is 6.85. The zero-order valence-corrected chi connectivity index (χ0v) is 16.5. The monoisotopic (exact) mass is 399 g/mol. The SMILES string of the molecule is COc1cc2ncc3c(-c4ccccc4)nn(-c4cccc(F)c4)c3c2cc1OC. The molecule has 6 heteroatoms. The molecule has 30 heavy (non-hydrogen) atoms. The molecule has 0 fully saturated rings. The Morgan fingerprint density at radius 2 is 1.60 bits per heavy atom. The highest BCUT2D eigenvalue weighted by molar-refractivity contribution is 6.09. The van der Waals surface area contributed by atoms with E-state index in [1.807, 2.05) is 48.5 Å². The third-order valence-electron chi connectivity index (χ3n) is 5.11. The van der Waals surface area contributed by atoms with Crippen LogP contribution in [0.25, 0.3) is 38.8 Å². The molecule has 0 saturated heterocycles. The molecule has 0 saturated carbocycles. The van der Waals surface area contributed by atoms with Gasteiger partial charge in [0.1, 0.15) is 11.5 Å². The van der Waals surface area contributed by atoms with Gasteiger partial charge in [0.05, 0.1) is 30.9 Å². The van der Waals surface area contributed by atoms with Gasteiger partial charge in [0.25, 0.3) is 0 Å². The van der Waals surface area contributed by atoms with Crippen LogP contribution in [0.3, 0.4) is 0 Å². The maximum absolute atomic E-state index is 14.0. The second-order valence-corrected chi connectivity index (χ2v) is 6.85. The summed E-state index contributed by atoms with van der Waals surface area (Å²) in [5, 5.41) is 6.56. The lowest BCUT2D eigenvalue weighted by atomic mass is 10.1. The van der Waals surface area contributed by atoms with E-state index in [1.54, 1.807) is 31.2 Å². The van der Waals surface area contributed by atoms with Crippen LogP contribution in [-0.2, 0) is 0 Å². The van der Waals surface area contributed by atoms with Gasteiger partial charge in [0, 0.05) is 28.6 Å². The number of hydrogen-bond acceptors (Lipinski definition) is 4. The van der Waals surface area contributed by atoms with Gasteiger partial charge in [0.15, 0.2) is 11.5 Å². The van der Waals surface area contributed by atoms with E-state index in [0.717, 1.165) is 33.1 Å². The molecule has 148 valence electrons. The van der Waals surface area contributed by atoms with Gasteiger partial charge < -0.3 is 9.47 Å². The van der Waals surface area contributed by atoms with Crippen LogP contribution >= 0.6 is 0 Å². The number of methoxy groups -OCH3 is 2. The second kappa shape index (κ2) is 7.15. The first-order valence-electron chi connectivity index (χ1n) is 9.44. The van der Waals surface area contributed by atoms with Crippen molar-refractivity contribution in [2.24, 2.45) is 0 Å². The van der Waals surface area contributed by atoms with Crippen molar-refractivity contribution < 1.29 is 13.9 Å². The van der Waals surface area contributed by atoms with Crippen molar-refractivity contribution in [1.29, 1.82) is 0 Å². The minimum absolute atomic E-state index is 0.324. The molecule has 0 N–H and O–H groups in total. The number of hydrogen-bond donors (Lipinski definition) is 0. The molecular formula is C24H18FN3O2. The van der Waals surface area contributed by atoms with Gasteiger partial charge in [-0.15, -0.1) is 0 Å². The molecule has 3 aromatic carbocycles. The highest BCUT2D eigenvalue weighted by Gasteiger charge is 2.19. The van der Waals surface area contributed by atoms with Crippen molar-refractivity contribution >= 4 is 21.8 Å². The Labute approximate surface area is 172 Å². The van der Waals surface area contributed by atoms with E-state index >= 15 is 0 Å². The summed E-state index contributed by atoms with van der Waals surface area (Å²) in [6.45, 7) is 0. The van der Waals surface area contributed by atoms with Crippen molar-refractivity contribution in [3.05, 3.63) is 78.7 Å². The van der Waals surface area contributed by atoms with Gasteiger partial charge >= 0.3 is 0 Å². The molecule has 2 aromatic heterocycles. The lowest BCUT2D eigenvalue weighted by molar-refractivity contribution is 0.356. The molecule has 5 rings (SSSR count). The maximum Gasteiger partial charge on any atom is 0.162 e. The van der Waals surface area contributed by atoms with E-state index in [0.29, 0.717) is 17.2 Å². The van der Waals surface area contributed by atoms with Crippen LogP contribution in [-0.4, -0.2) is 29.0 Å². The summed E-state index contributed by atoms with van der Waals surface area (Å²) in [4.78, 5) is 4.64. The van der Waals surface area contributed by atoms with Crippen LogP contribution in [0.2, 0.25) is 0 Å². The molecule has 0 amide bonds. The zero-order chi connectivity index (χ0) is 20.7. The van der Waals surface area contributed by atoms with Crippen LogP contribution in [0.15, 0.2) is 72.9 Å². The molecule has 2 heterocycles. The lowest BCUT2D eigenvalue weighted by Crippen LogP contribution is -1.98. The predicted octanol–water partition coefficient (Wildman–Crippen LogP) is 5.40. The lowest BCUT2D eigenvalue weighted by Gasteiger charge is -2.11. The molecular weight excluding hydrogens is 381 g/mol. The fourth-order valence-corrected chi connectivity index (χ4v) is 3.71. The fourth-order valence-electron chi connectivity index (χ4n) is 3.71. The summed E-state index contributed by atoms with van der Waals surface area (Å²) in [5.74, 6) is 0.861. The van der Waals surface area contributed by atoms with E-state index in [1.165, 1.54) is 12.1 Å². The quantitative estimate of drug-likeness (QED) is 0.406. The topological polar surface area (TPSA) is 49.2 Å². The Bertz CT molecular complexity index is 1380. The summed E-state index contributed by atoms with van der Waals surface area (Å²) in [5.41, 5.74) is 3.92. The predicted molar refractivity (Wildman–Crippen MR) is 115 cm³/mol. The van der Waals surface area contributed by atoms with Crippen molar-refractivity contribution in [3.63, 3.8) is 0 Å². The molecule has 0 bridgehead atoms. The molecule has 0 spiro atoms. The van der Waals surface area contributed by atoms with E-state index in [2.05, 4.69) is 4.98 Å². The van der Waals surface area contributed by atoms with Crippen LogP contribution in [0, 0.1) is 5.82 Å². The molecule has 0 aliphatic rings. The Balaban J connectivity index is 1.92. The molecule has 0 atom stereocenters. The normalized spacial score (nSPS) is 11.2. The van der Waals surface area contributed by atoms with E-state index in [-0.39, 0.29) is 5.82 Å². The number of benzene rings is 3. The van der Waals surface area contributed by atoms with Gasteiger partial charge in [0.2, 0.25) is 0 Å². The third kappa shape index (κ3) is 2.85. The van der Waals surface area contributed by atoms with Crippen LogP contribution in [0.4, 0.5) is 4.39 Å². The number of ether oxygens (including phenoxy) is 2. The largest absolute Gasteiger partial charge is 0.493 e. The van der Waals surface area contributed by atoms with Crippen molar-refractivity contribution in [3.8, 4) is 28.4 Å². The Hall–Kier alpha value is -3.93. The summed E-state index contributed by atoms with van der Waals surface area (Å²) in [7, 11) is 3.18. The van der Waals surface area contributed by atoms with Crippen LogP contribution in [0.5, 0.6) is 11.5 Å². The summed E-state index contributed by atoms with van der Waals surface area (Å²) >= 11 is 0. The number of nitrogens with zero attached hydrogens (tertiary/aromatic N) is 3. The standard InChI is InChI=1S/C24H18FN3O2/c1-29-21-12-18-20(13-22(21)30-2)26-14-19-23(15-7-4-3-5-8-15)27-28(24(18)19)17-10-6-9-16(25)11-17/h3-14H,1-2H3. The average Bonchev–Trinajstić information content (AvgIpc) is 3.19. The number of rotatable bonds is 4. The van der Waals surface area contributed by atoms with Gasteiger partial charge in [-0.1, -0.05) is 36.4 Å². The molecule has 5 aromatic rings. The smallest absolute Gasteiger partial charge is 0.162 e. The third-order valence-corrected chi connectivity index (χ3v) is 5.11. The van der Waals surface area contributed by atoms with Crippen LogP contribution in [0.1, 0.15) is 0 Å². The Kier molecular flexibility index (Phi) is 4.32. The van der Waals surface area contributed by atoms with Gasteiger partial charge in [-0.25, -0.2) is 9.07 Å². The van der Waals surface area contributed by atoms with E-state index < -0.39 is 0 Å². The van der Waals surface area contributed by atoms with Gasteiger partial charge in [-0.3, -0.25) is 4.98 Å². The van der Waals surface area contributed by atoms with Crippen LogP contribution < -0.4 is 9.47 Å². The summed E-state index contributed by atoms with van der Waals surface area (Å²) in [6, 6.07) is 20.0. The summed E-state index contributed by atoms with van der Waals surface area (Å²) in [6.07, 6.45) is 1.80. The minimum Gasteiger partial charge on any atom is -0.493 e. The number of fused-ring (bicyclic) bond motifs is 3. The zero-order valence-electron chi connectivity index (χ0n) is 16.5. The number of halogens is 1. The molecule has 0 aliphatic carbocycles. The Morgan fingerprint density at radius 1 is 0.833 bits per heavy atom. The summed E-state index contributed by atoms with van der Waals surface area (Å²) < 4.78 is 26.7. The van der Waals surface area contributed by atoms with Crippen molar-refractivity contribution in [2.75, 3.05) is 14.2 Å². The highest BCUT2D eigenvalue weighted by Crippen LogP contribution is 2.38. The fraction of sp³-hybridized carbons (Fsp3) is 0.0833. The van der Waals surface area contributed by atoms with Crippen molar-refractivity contribution in [2.45, 2.75) is 0 Å². The molecule has 0 radical (unpaired) electrons. The average molecular weight is 399 g/mol. The minimum atomic E-state index is -0.324. The Morgan fingerprint density at radius 3 is 2.33 bits per heavy atom. The van der Waals surface area contributed by atoms with Crippen molar-refractivity contribution in [1.82, 2.24) is 14.8 Å². The van der Waals surface area contributed by atoms with E-state index in [4.69, 9.17) is 14.6 Å². The first kappa shape index (κ1) is 18.1. The van der Waals surface area contributed by atoms with E-state index in [9.17, 15) is 4.39 Å². The first-order valence-corrected chi connectivity index (χ1v) is 9.44. The number of pyridine rings is 1. The molecule has 0 aliphatic heterocycles. The molecule has 5 nitrogen and oxygen atoms in total.